The van der Waals surface area contributed by atoms with Gasteiger partial charge in [0.2, 0.25) is 0 Å². The molecule has 1 aliphatic heterocycles. The first kappa shape index (κ1) is 30.8. The van der Waals surface area contributed by atoms with Crippen molar-refractivity contribution >= 4 is 11.7 Å². The third-order valence-electron chi connectivity index (χ3n) is 8.34. The first-order valence-corrected chi connectivity index (χ1v) is 14.7. The van der Waals surface area contributed by atoms with Crippen LogP contribution in [-0.2, 0) is 10.2 Å². The Morgan fingerprint density at radius 3 is 2.07 bits per heavy atom. The van der Waals surface area contributed by atoms with E-state index in [1.807, 2.05) is 78.9 Å². The van der Waals surface area contributed by atoms with Crippen LogP contribution in [-0.4, -0.2) is 58.2 Å². The first-order chi connectivity index (χ1) is 22.3. The van der Waals surface area contributed by atoms with Gasteiger partial charge in [0.15, 0.2) is 5.76 Å². The molecule has 3 aromatic carbocycles. The van der Waals surface area contributed by atoms with Crippen molar-refractivity contribution in [2.75, 3.05) is 19.5 Å². The summed E-state index contributed by atoms with van der Waals surface area (Å²) in [5.74, 6) is 0.825. The van der Waals surface area contributed by atoms with Crippen molar-refractivity contribution in [3.8, 4) is 11.5 Å². The van der Waals surface area contributed by atoms with E-state index in [4.69, 9.17) is 18.6 Å². The van der Waals surface area contributed by atoms with Gasteiger partial charge in [-0.05, 0) is 59.2 Å². The predicted molar refractivity (Wildman–Crippen MR) is 168 cm³/mol. The number of aromatic nitrogens is 2. The van der Waals surface area contributed by atoms with E-state index in [9.17, 15) is 19.8 Å². The maximum Gasteiger partial charge on any atom is 0.351 e. The molecule has 0 bridgehead atoms. The number of benzene rings is 3. The lowest BCUT2D eigenvalue weighted by Gasteiger charge is -2.43. The second kappa shape index (κ2) is 13.0. The van der Waals surface area contributed by atoms with Gasteiger partial charge in [0.05, 0.1) is 32.0 Å². The largest absolute Gasteiger partial charge is 0.497 e. The standard InChI is InChI=1S/C35H33N3O8/c1-43-25-14-10-23(11-15-25)35(22-7-4-3-5-8-22,24-12-16-26(44-2)17-13-24)32(40)31-27(39)21-30(46-31)38-19-18-29(37-34(38)42)36-33(41)28-9-6-20-45-28/h3-20,27,30-32,39-40H,21H2,1-2H3,(H,36,37,41,42)/t27-,30+,31-,32?/m0/s1. The third-order valence-corrected chi connectivity index (χ3v) is 8.34. The number of carbonyl (C=O) groups excluding carboxylic acids is 1. The number of amides is 1. The molecule has 1 amide bonds. The van der Waals surface area contributed by atoms with Crippen molar-refractivity contribution in [3.05, 3.63) is 142 Å². The average molecular weight is 624 g/mol. The van der Waals surface area contributed by atoms with Crippen LogP contribution < -0.4 is 20.5 Å². The zero-order valence-corrected chi connectivity index (χ0v) is 25.1. The second-order valence-corrected chi connectivity index (χ2v) is 10.9. The molecule has 11 heteroatoms. The molecule has 3 heterocycles. The van der Waals surface area contributed by atoms with E-state index in [1.54, 1.807) is 20.3 Å². The van der Waals surface area contributed by atoms with Crippen LogP contribution in [0.15, 0.2) is 119 Å². The van der Waals surface area contributed by atoms with Crippen LogP contribution in [0.5, 0.6) is 11.5 Å². The van der Waals surface area contributed by atoms with Crippen molar-refractivity contribution in [1.82, 2.24) is 9.55 Å². The molecular weight excluding hydrogens is 590 g/mol. The SMILES string of the molecule is COc1ccc(C(c2ccccc2)(c2ccc(OC)cc2)C(O)[C@H]2O[C@@H](n3ccc(NC(=O)c4ccco4)nc3=O)C[C@@H]2O)cc1. The number of aliphatic hydroxyl groups excluding tert-OH is 2. The Hall–Kier alpha value is -5.23. The monoisotopic (exact) mass is 623 g/mol. The molecular formula is C35H33N3O8. The van der Waals surface area contributed by atoms with Crippen molar-refractivity contribution in [1.29, 1.82) is 0 Å². The molecule has 0 aliphatic carbocycles. The highest BCUT2D eigenvalue weighted by Gasteiger charge is 2.52. The summed E-state index contributed by atoms with van der Waals surface area (Å²) < 4.78 is 23.5. The van der Waals surface area contributed by atoms with Crippen LogP contribution in [0.2, 0.25) is 0 Å². The van der Waals surface area contributed by atoms with E-state index < -0.39 is 41.6 Å². The van der Waals surface area contributed by atoms with Crippen LogP contribution in [0.4, 0.5) is 5.82 Å². The van der Waals surface area contributed by atoms with Gasteiger partial charge in [0.1, 0.15) is 35.8 Å². The Labute approximate surface area is 264 Å². The third kappa shape index (κ3) is 5.67. The summed E-state index contributed by atoms with van der Waals surface area (Å²) in [6.07, 6.45) is -1.75. The van der Waals surface area contributed by atoms with Gasteiger partial charge in [-0.25, -0.2) is 4.79 Å². The number of nitrogens with one attached hydrogen (secondary N) is 1. The van der Waals surface area contributed by atoms with E-state index in [-0.39, 0.29) is 18.0 Å². The molecule has 6 rings (SSSR count). The van der Waals surface area contributed by atoms with Crippen molar-refractivity contribution in [2.24, 2.45) is 0 Å². The molecule has 2 aromatic heterocycles. The molecule has 5 aromatic rings. The lowest BCUT2D eigenvalue weighted by Crippen LogP contribution is -2.51. The smallest absolute Gasteiger partial charge is 0.351 e. The Morgan fingerprint density at radius 1 is 0.913 bits per heavy atom. The zero-order valence-electron chi connectivity index (χ0n) is 25.1. The Balaban J connectivity index is 1.38. The number of nitrogens with zero attached hydrogens (tertiary/aromatic N) is 2. The van der Waals surface area contributed by atoms with Crippen LogP contribution in [0.25, 0.3) is 0 Å². The molecule has 11 nitrogen and oxygen atoms in total. The topological polar surface area (TPSA) is 145 Å². The Bertz CT molecular complexity index is 1780. The number of ether oxygens (including phenoxy) is 3. The van der Waals surface area contributed by atoms with Gasteiger partial charge in [-0.3, -0.25) is 9.36 Å². The molecule has 1 unspecified atom stereocenters. The minimum Gasteiger partial charge on any atom is -0.497 e. The molecule has 3 N–H and O–H groups in total. The van der Waals surface area contributed by atoms with E-state index in [2.05, 4.69) is 10.3 Å². The second-order valence-electron chi connectivity index (χ2n) is 10.9. The Kier molecular flexibility index (Phi) is 8.71. The summed E-state index contributed by atoms with van der Waals surface area (Å²) in [6, 6.07) is 28.8. The summed E-state index contributed by atoms with van der Waals surface area (Å²) in [7, 11) is 3.16. The molecule has 0 spiro atoms. The summed E-state index contributed by atoms with van der Waals surface area (Å²) in [5.41, 5.74) is 0.277. The van der Waals surface area contributed by atoms with Crippen LogP contribution in [0.1, 0.15) is 39.9 Å². The summed E-state index contributed by atoms with van der Waals surface area (Å²) in [5, 5.41) is 26.4. The summed E-state index contributed by atoms with van der Waals surface area (Å²) >= 11 is 0. The fraction of sp³-hybridized carbons (Fsp3) is 0.229. The molecule has 46 heavy (non-hydrogen) atoms. The highest BCUT2D eigenvalue weighted by molar-refractivity contribution is 6.01. The minimum atomic E-state index is -1.34. The highest BCUT2D eigenvalue weighted by atomic mass is 16.5. The molecule has 0 saturated carbocycles. The fourth-order valence-corrected chi connectivity index (χ4v) is 6.09. The first-order valence-electron chi connectivity index (χ1n) is 14.7. The van der Waals surface area contributed by atoms with Gasteiger partial charge in [0.25, 0.3) is 5.91 Å². The Morgan fingerprint density at radius 2 is 1.52 bits per heavy atom. The number of methoxy groups -OCH3 is 2. The number of anilines is 1. The number of rotatable bonds is 10. The number of hydrogen-bond acceptors (Lipinski definition) is 9. The number of carbonyl (C=O) groups is 1. The van der Waals surface area contributed by atoms with Crippen LogP contribution in [0, 0.1) is 0 Å². The summed E-state index contributed by atoms with van der Waals surface area (Å²) in [6.45, 7) is 0. The molecule has 236 valence electrons. The van der Waals surface area contributed by atoms with Gasteiger partial charge in [0, 0.05) is 12.6 Å². The average Bonchev–Trinajstić information content (AvgIpc) is 3.77. The molecule has 1 saturated heterocycles. The summed E-state index contributed by atoms with van der Waals surface area (Å²) in [4.78, 5) is 29.4. The van der Waals surface area contributed by atoms with E-state index in [0.29, 0.717) is 11.5 Å². The highest BCUT2D eigenvalue weighted by Crippen LogP contribution is 2.47. The van der Waals surface area contributed by atoms with Gasteiger partial charge in [-0.2, -0.15) is 4.98 Å². The molecule has 1 fully saturated rings. The predicted octanol–water partition coefficient (Wildman–Crippen LogP) is 4.15. The van der Waals surface area contributed by atoms with Gasteiger partial charge >= 0.3 is 5.69 Å². The van der Waals surface area contributed by atoms with Crippen molar-refractivity contribution in [2.45, 2.75) is 36.4 Å². The van der Waals surface area contributed by atoms with E-state index in [0.717, 1.165) is 16.7 Å². The van der Waals surface area contributed by atoms with Crippen molar-refractivity contribution < 1.29 is 33.6 Å². The lowest BCUT2D eigenvalue weighted by atomic mass is 9.64. The lowest BCUT2D eigenvalue weighted by molar-refractivity contribution is -0.0976. The number of aliphatic hydroxyl groups is 2. The van der Waals surface area contributed by atoms with Crippen molar-refractivity contribution in [3.63, 3.8) is 0 Å². The van der Waals surface area contributed by atoms with Gasteiger partial charge in [-0.15, -0.1) is 0 Å². The zero-order chi connectivity index (χ0) is 32.3. The number of furan rings is 1. The van der Waals surface area contributed by atoms with Crippen LogP contribution >= 0.6 is 0 Å². The van der Waals surface area contributed by atoms with Crippen LogP contribution in [0.3, 0.4) is 0 Å². The number of hydrogen-bond donors (Lipinski definition) is 3. The maximum absolute atomic E-state index is 13.1. The fourth-order valence-electron chi connectivity index (χ4n) is 6.09. The molecule has 0 radical (unpaired) electrons. The quantitative estimate of drug-likeness (QED) is 0.195. The van der Waals surface area contributed by atoms with E-state index in [1.165, 1.54) is 29.2 Å². The van der Waals surface area contributed by atoms with Gasteiger partial charge in [-0.1, -0.05) is 54.6 Å². The maximum atomic E-state index is 13.1. The van der Waals surface area contributed by atoms with E-state index >= 15 is 0 Å². The molecule has 4 atom stereocenters. The van der Waals surface area contributed by atoms with Gasteiger partial charge < -0.3 is 34.2 Å². The minimum absolute atomic E-state index is 0.0114. The normalized spacial score (nSPS) is 18.6. The molecule has 1 aliphatic rings.